The molecule has 3 N–H and O–H groups in total. The lowest BCUT2D eigenvalue weighted by molar-refractivity contribution is -0.112. The van der Waals surface area contributed by atoms with Crippen LogP contribution in [0.2, 0.25) is 0 Å². The average Bonchev–Trinajstić information content (AvgIpc) is 2.45. The average molecular weight is 176 g/mol. The third-order valence-electron chi connectivity index (χ3n) is 1.98. The Hall–Kier alpha value is -1.68. The Kier molecular flexibility index (Phi) is 1.63. The predicted molar refractivity (Wildman–Crippen MR) is 47.7 cm³/mol. The Balaban J connectivity index is 2.50. The van der Waals surface area contributed by atoms with Crippen molar-refractivity contribution < 1.29 is 9.90 Å². The van der Waals surface area contributed by atoms with E-state index in [-0.39, 0.29) is 5.71 Å². The van der Waals surface area contributed by atoms with Crippen LogP contribution in [0.15, 0.2) is 29.3 Å². The second-order valence-electron chi connectivity index (χ2n) is 2.82. The van der Waals surface area contributed by atoms with Crippen LogP contribution in [0.1, 0.15) is 11.7 Å². The normalized spacial score (nSPS) is 19.5. The first kappa shape index (κ1) is 7.94. The van der Waals surface area contributed by atoms with E-state index >= 15 is 0 Å². The molecule has 4 heteroatoms. The largest absolute Gasteiger partial charge is 0.382 e. The van der Waals surface area contributed by atoms with E-state index in [2.05, 4.69) is 4.99 Å². The third kappa shape index (κ3) is 1.11. The molecule has 1 aromatic rings. The highest BCUT2D eigenvalue weighted by atomic mass is 16.3. The van der Waals surface area contributed by atoms with Crippen molar-refractivity contribution in [2.24, 2.45) is 10.7 Å². The Morgan fingerprint density at radius 2 is 2.15 bits per heavy atom. The van der Waals surface area contributed by atoms with Gasteiger partial charge in [-0.05, 0) is 6.07 Å². The number of primary amides is 1. The number of hydrogen-bond donors (Lipinski definition) is 2. The van der Waals surface area contributed by atoms with Gasteiger partial charge in [-0.1, -0.05) is 18.2 Å². The van der Waals surface area contributed by atoms with Crippen molar-refractivity contribution in [1.82, 2.24) is 0 Å². The highest BCUT2D eigenvalue weighted by Crippen LogP contribution is 2.32. The lowest BCUT2D eigenvalue weighted by Gasteiger charge is -2.03. The molecule has 0 saturated heterocycles. The number of carbonyl (C=O) groups is 1. The number of hydrogen-bond acceptors (Lipinski definition) is 3. The van der Waals surface area contributed by atoms with Gasteiger partial charge in [-0.15, -0.1) is 0 Å². The molecule has 0 saturated carbocycles. The first-order valence-corrected chi connectivity index (χ1v) is 3.85. The molecule has 1 aliphatic heterocycles. The summed E-state index contributed by atoms with van der Waals surface area (Å²) in [6.07, 6.45) is -0.964. The zero-order chi connectivity index (χ0) is 9.42. The van der Waals surface area contributed by atoms with Crippen LogP contribution in [-0.4, -0.2) is 16.7 Å². The zero-order valence-electron chi connectivity index (χ0n) is 6.77. The number of carbonyl (C=O) groups excluding carboxylic acids is 1. The second kappa shape index (κ2) is 2.67. The van der Waals surface area contributed by atoms with Crippen molar-refractivity contribution in [3.05, 3.63) is 29.8 Å². The molecule has 2 rings (SSSR count). The van der Waals surface area contributed by atoms with E-state index in [4.69, 9.17) is 5.73 Å². The molecule has 4 nitrogen and oxygen atoms in total. The summed E-state index contributed by atoms with van der Waals surface area (Å²) in [4.78, 5) is 14.7. The molecule has 1 amide bonds. The van der Waals surface area contributed by atoms with Gasteiger partial charge in [-0.25, -0.2) is 4.99 Å². The van der Waals surface area contributed by atoms with E-state index in [1.807, 2.05) is 0 Å². The van der Waals surface area contributed by atoms with Crippen LogP contribution in [0.25, 0.3) is 0 Å². The van der Waals surface area contributed by atoms with Crippen molar-refractivity contribution in [3.8, 4) is 0 Å². The number of para-hydroxylation sites is 1. The van der Waals surface area contributed by atoms with E-state index in [1.54, 1.807) is 24.3 Å². The quantitative estimate of drug-likeness (QED) is 0.645. The highest BCUT2D eigenvalue weighted by Gasteiger charge is 2.27. The van der Waals surface area contributed by atoms with E-state index in [0.29, 0.717) is 11.3 Å². The smallest absolute Gasteiger partial charge is 0.266 e. The van der Waals surface area contributed by atoms with Crippen LogP contribution >= 0.6 is 0 Å². The minimum atomic E-state index is -0.964. The van der Waals surface area contributed by atoms with Gasteiger partial charge in [-0.2, -0.15) is 0 Å². The van der Waals surface area contributed by atoms with Gasteiger partial charge >= 0.3 is 0 Å². The van der Waals surface area contributed by atoms with Crippen molar-refractivity contribution in [2.45, 2.75) is 6.10 Å². The van der Waals surface area contributed by atoms with Crippen molar-refractivity contribution in [2.75, 3.05) is 0 Å². The Bertz CT molecular complexity index is 398. The number of fused-ring (bicyclic) bond motifs is 1. The maximum absolute atomic E-state index is 10.8. The molecule has 0 aromatic heterocycles. The van der Waals surface area contributed by atoms with Crippen LogP contribution in [0.4, 0.5) is 5.69 Å². The van der Waals surface area contributed by atoms with Crippen molar-refractivity contribution >= 4 is 17.3 Å². The number of nitrogens with zero attached hydrogens (tertiary/aromatic N) is 1. The molecule has 13 heavy (non-hydrogen) atoms. The standard InChI is InChI=1S/C9H8N2O2/c10-9(13)7-8(12)5-3-1-2-4-6(5)11-7/h1-4,8,12H,(H2,10,13). The summed E-state index contributed by atoms with van der Waals surface area (Å²) in [5, 5.41) is 9.58. The minimum absolute atomic E-state index is 0.0150. The van der Waals surface area contributed by atoms with Gasteiger partial charge in [0.1, 0.15) is 11.8 Å². The van der Waals surface area contributed by atoms with Crippen LogP contribution < -0.4 is 5.73 Å². The second-order valence-corrected chi connectivity index (χ2v) is 2.82. The fourth-order valence-electron chi connectivity index (χ4n) is 1.35. The summed E-state index contributed by atoms with van der Waals surface area (Å²) in [5.41, 5.74) is 6.30. The van der Waals surface area contributed by atoms with Gasteiger partial charge in [0.2, 0.25) is 0 Å². The highest BCUT2D eigenvalue weighted by molar-refractivity contribution is 6.41. The number of aliphatic hydroxyl groups excluding tert-OH is 1. The maximum Gasteiger partial charge on any atom is 0.266 e. The topological polar surface area (TPSA) is 75.7 Å². The summed E-state index contributed by atoms with van der Waals surface area (Å²) < 4.78 is 0. The third-order valence-corrected chi connectivity index (χ3v) is 1.98. The van der Waals surface area contributed by atoms with Crippen LogP contribution in [0.5, 0.6) is 0 Å². The lowest BCUT2D eigenvalue weighted by Crippen LogP contribution is -2.26. The summed E-state index contributed by atoms with van der Waals surface area (Å²) in [5.74, 6) is -0.677. The van der Waals surface area contributed by atoms with Gasteiger partial charge < -0.3 is 10.8 Å². The molecule has 66 valence electrons. The van der Waals surface area contributed by atoms with Gasteiger partial charge in [0.15, 0.2) is 0 Å². The van der Waals surface area contributed by atoms with Gasteiger partial charge in [-0.3, -0.25) is 4.79 Å². The first-order chi connectivity index (χ1) is 6.20. The minimum Gasteiger partial charge on any atom is -0.382 e. The molecule has 1 aromatic carbocycles. The summed E-state index contributed by atoms with van der Waals surface area (Å²) >= 11 is 0. The Morgan fingerprint density at radius 1 is 1.46 bits per heavy atom. The van der Waals surface area contributed by atoms with Crippen LogP contribution in [-0.2, 0) is 4.79 Å². The molecular weight excluding hydrogens is 168 g/mol. The zero-order valence-corrected chi connectivity index (χ0v) is 6.77. The molecule has 1 heterocycles. The molecule has 0 bridgehead atoms. The number of amides is 1. The van der Waals surface area contributed by atoms with Crippen molar-refractivity contribution in [1.29, 1.82) is 0 Å². The predicted octanol–water partition coefficient (Wildman–Crippen LogP) is 0.291. The number of aliphatic imine (C=N–C) groups is 1. The van der Waals surface area contributed by atoms with Crippen molar-refractivity contribution in [3.63, 3.8) is 0 Å². The fraction of sp³-hybridized carbons (Fsp3) is 0.111. The summed E-state index contributed by atoms with van der Waals surface area (Å²) in [7, 11) is 0. The van der Waals surface area contributed by atoms with Gasteiger partial charge in [0, 0.05) is 5.56 Å². The number of aliphatic hydroxyl groups is 1. The molecule has 1 atom stereocenters. The Labute approximate surface area is 74.7 Å². The fourth-order valence-corrected chi connectivity index (χ4v) is 1.35. The number of benzene rings is 1. The maximum atomic E-state index is 10.8. The molecule has 1 aliphatic rings. The molecule has 1 unspecified atom stereocenters. The summed E-state index contributed by atoms with van der Waals surface area (Å²) in [6.45, 7) is 0. The molecule has 0 spiro atoms. The van der Waals surface area contributed by atoms with Gasteiger partial charge in [0.05, 0.1) is 5.69 Å². The van der Waals surface area contributed by atoms with Crippen LogP contribution in [0, 0.1) is 0 Å². The van der Waals surface area contributed by atoms with E-state index in [0.717, 1.165) is 0 Å². The van der Waals surface area contributed by atoms with E-state index < -0.39 is 12.0 Å². The van der Waals surface area contributed by atoms with Crippen LogP contribution in [0.3, 0.4) is 0 Å². The molecule has 0 fully saturated rings. The Morgan fingerprint density at radius 3 is 2.77 bits per heavy atom. The lowest BCUT2D eigenvalue weighted by atomic mass is 10.1. The molecular formula is C9H8N2O2. The van der Waals surface area contributed by atoms with Gasteiger partial charge in [0.25, 0.3) is 5.91 Å². The molecule has 0 radical (unpaired) electrons. The molecule has 0 aliphatic carbocycles. The summed E-state index contributed by atoms with van der Waals surface area (Å²) in [6, 6.07) is 7.02. The van der Waals surface area contributed by atoms with E-state index in [9.17, 15) is 9.90 Å². The SMILES string of the molecule is NC(=O)C1=Nc2ccccc2C1O. The first-order valence-electron chi connectivity index (χ1n) is 3.85. The number of nitrogens with two attached hydrogens (primary N) is 1. The monoisotopic (exact) mass is 176 g/mol. The number of rotatable bonds is 1. The van der Waals surface area contributed by atoms with E-state index in [1.165, 1.54) is 0 Å².